The maximum Gasteiger partial charge on any atom is 0.417 e. The van der Waals surface area contributed by atoms with Gasteiger partial charge in [0.25, 0.3) is 0 Å². The molecule has 0 radical (unpaired) electrons. The molecular weight excluding hydrogens is 241 g/mol. The molecule has 1 N–H and O–H groups in total. The summed E-state index contributed by atoms with van der Waals surface area (Å²) in [6.07, 6.45) is -4.51. The summed E-state index contributed by atoms with van der Waals surface area (Å²) in [6, 6.07) is 2.35. The standard InChI is InChI=1S/C10H7F3O2S/c1-15-5-2-6(10(11,12)13)9-7(14)4-16-8(9)3-5/h2-4,14H,1H3. The largest absolute Gasteiger partial charge is 0.506 e. The van der Waals surface area contributed by atoms with Gasteiger partial charge in [0.2, 0.25) is 0 Å². The third kappa shape index (κ3) is 1.69. The molecule has 0 amide bonds. The number of alkyl halides is 3. The number of thiophene rings is 1. The predicted molar refractivity (Wildman–Crippen MR) is 55.0 cm³/mol. The monoisotopic (exact) mass is 248 g/mol. The van der Waals surface area contributed by atoms with Crippen LogP contribution in [-0.2, 0) is 6.18 Å². The fourth-order valence-electron chi connectivity index (χ4n) is 1.47. The molecule has 16 heavy (non-hydrogen) atoms. The summed E-state index contributed by atoms with van der Waals surface area (Å²) in [6.45, 7) is 0. The Morgan fingerprint density at radius 2 is 2.00 bits per heavy atom. The first-order valence-electron chi connectivity index (χ1n) is 4.29. The van der Waals surface area contributed by atoms with E-state index in [1.807, 2.05) is 0 Å². The van der Waals surface area contributed by atoms with Crippen LogP contribution in [0.1, 0.15) is 5.56 Å². The minimum absolute atomic E-state index is 0.127. The molecule has 2 aromatic rings. The summed E-state index contributed by atoms with van der Waals surface area (Å²) in [5.41, 5.74) is -0.874. The normalized spacial score (nSPS) is 12.0. The predicted octanol–water partition coefficient (Wildman–Crippen LogP) is 3.63. The summed E-state index contributed by atoms with van der Waals surface area (Å²) in [5.74, 6) is -0.225. The molecule has 0 fully saturated rings. The van der Waals surface area contributed by atoms with Crippen LogP contribution in [0.2, 0.25) is 0 Å². The molecule has 6 heteroatoms. The van der Waals surface area contributed by atoms with Crippen molar-refractivity contribution in [3.63, 3.8) is 0 Å². The highest BCUT2D eigenvalue weighted by molar-refractivity contribution is 7.17. The van der Waals surface area contributed by atoms with Crippen LogP contribution in [0.25, 0.3) is 10.1 Å². The minimum Gasteiger partial charge on any atom is -0.506 e. The fraction of sp³-hybridized carbons (Fsp3) is 0.200. The lowest BCUT2D eigenvalue weighted by Crippen LogP contribution is -2.05. The lowest BCUT2D eigenvalue weighted by Gasteiger charge is -2.10. The Labute approximate surface area is 92.9 Å². The molecule has 0 aliphatic carbocycles. The maximum absolute atomic E-state index is 12.7. The second-order valence-corrected chi connectivity index (χ2v) is 4.08. The number of aromatic hydroxyl groups is 1. The Hall–Kier alpha value is -1.43. The van der Waals surface area contributed by atoms with Crippen molar-refractivity contribution in [1.82, 2.24) is 0 Å². The molecule has 2 nitrogen and oxygen atoms in total. The van der Waals surface area contributed by atoms with E-state index >= 15 is 0 Å². The van der Waals surface area contributed by atoms with E-state index in [2.05, 4.69) is 0 Å². The average molecular weight is 248 g/mol. The van der Waals surface area contributed by atoms with Crippen LogP contribution in [0.5, 0.6) is 11.5 Å². The number of hydrogen-bond donors (Lipinski definition) is 1. The molecule has 0 aliphatic heterocycles. The van der Waals surface area contributed by atoms with E-state index in [0.717, 1.165) is 17.4 Å². The zero-order chi connectivity index (χ0) is 11.9. The Balaban J connectivity index is 2.82. The molecule has 2 rings (SSSR count). The van der Waals surface area contributed by atoms with E-state index in [1.54, 1.807) is 0 Å². The molecule has 1 aromatic carbocycles. The number of benzene rings is 1. The molecule has 0 bridgehead atoms. The van der Waals surface area contributed by atoms with Crippen molar-refractivity contribution in [3.05, 3.63) is 23.1 Å². The summed E-state index contributed by atoms with van der Waals surface area (Å²) >= 11 is 1.04. The Bertz CT molecular complexity index is 531. The highest BCUT2D eigenvalue weighted by Crippen LogP contribution is 2.43. The number of fused-ring (bicyclic) bond motifs is 1. The topological polar surface area (TPSA) is 29.5 Å². The summed E-state index contributed by atoms with van der Waals surface area (Å²) in [7, 11) is 1.30. The summed E-state index contributed by atoms with van der Waals surface area (Å²) in [4.78, 5) is 0. The highest BCUT2D eigenvalue weighted by Gasteiger charge is 2.34. The SMILES string of the molecule is COc1cc(C(F)(F)F)c2c(O)csc2c1. The Morgan fingerprint density at radius 3 is 2.56 bits per heavy atom. The van der Waals surface area contributed by atoms with Gasteiger partial charge >= 0.3 is 6.18 Å². The van der Waals surface area contributed by atoms with Crippen LogP contribution < -0.4 is 4.74 Å². The molecule has 86 valence electrons. The molecule has 1 aromatic heterocycles. The van der Waals surface area contributed by atoms with E-state index in [-0.39, 0.29) is 16.9 Å². The van der Waals surface area contributed by atoms with Gasteiger partial charge in [0.05, 0.1) is 12.7 Å². The van der Waals surface area contributed by atoms with Gasteiger partial charge in [0.15, 0.2) is 0 Å². The zero-order valence-electron chi connectivity index (χ0n) is 8.13. The van der Waals surface area contributed by atoms with Gasteiger partial charge in [0, 0.05) is 15.5 Å². The van der Waals surface area contributed by atoms with Crippen LogP contribution in [0, 0.1) is 0 Å². The van der Waals surface area contributed by atoms with E-state index in [0.29, 0.717) is 4.70 Å². The number of hydrogen-bond acceptors (Lipinski definition) is 3. The van der Waals surface area contributed by atoms with Crippen LogP contribution in [0.4, 0.5) is 13.2 Å². The van der Waals surface area contributed by atoms with Crippen molar-refractivity contribution in [2.45, 2.75) is 6.18 Å². The summed E-state index contributed by atoms with van der Waals surface area (Å²) in [5, 5.41) is 10.5. The lowest BCUT2D eigenvalue weighted by atomic mass is 10.1. The number of ether oxygens (including phenoxy) is 1. The molecule has 0 atom stereocenters. The molecule has 0 spiro atoms. The first kappa shape index (κ1) is 11.1. The summed E-state index contributed by atoms with van der Waals surface area (Å²) < 4.78 is 43.3. The molecule has 0 unspecified atom stereocenters. The van der Waals surface area contributed by atoms with Crippen molar-refractivity contribution in [2.75, 3.05) is 7.11 Å². The van der Waals surface area contributed by atoms with Gasteiger partial charge in [-0.2, -0.15) is 13.2 Å². The average Bonchev–Trinajstić information content (AvgIpc) is 2.58. The van der Waals surface area contributed by atoms with Gasteiger partial charge in [-0.15, -0.1) is 11.3 Å². The molecular formula is C10H7F3O2S. The molecule has 0 saturated carbocycles. The van der Waals surface area contributed by atoms with Gasteiger partial charge in [-0.05, 0) is 12.1 Å². The van der Waals surface area contributed by atoms with E-state index in [1.165, 1.54) is 18.6 Å². The van der Waals surface area contributed by atoms with Gasteiger partial charge in [-0.1, -0.05) is 0 Å². The van der Waals surface area contributed by atoms with Crippen molar-refractivity contribution in [1.29, 1.82) is 0 Å². The van der Waals surface area contributed by atoms with Gasteiger partial charge in [-0.3, -0.25) is 0 Å². The van der Waals surface area contributed by atoms with Gasteiger partial charge < -0.3 is 9.84 Å². The van der Waals surface area contributed by atoms with Crippen LogP contribution in [0.15, 0.2) is 17.5 Å². The van der Waals surface area contributed by atoms with Crippen LogP contribution in [0.3, 0.4) is 0 Å². The minimum atomic E-state index is -4.51. The Kier molecular flexibility index (Phi) is 2.46. The van der Waals surface area contributed by atoms with Crippen LogP contribution in [-0.4, -0.2) is 12.2 Å². The third-order valence-corrected chi connectivity index (χ3v) is 3.09. The zero-order valence-corrected chi connectivity index (χ0v) is 8.95. The lowest BCUT2D eigenvalue weighted by molar-refractivity contribution is -0.136. The van der Waals surface area contributed by atoms with Crippen molar-refractivity contribution in [2.24, 2.45) is 0 Å². The molecule has 1 heterocycles. The second-order valence-electron chi connectivity index (χ2n) is 3.17. The second kappa shape index (κ2) is 3.55. The fourth-order valence-corrected chi connectivity index (χ4v) is 2.34. The van der Waals surface area contributed by atoms with Crippen molar-refractivity contribution >= 4 is 21.4 Å². The van der Waals surface area contributed by atoms with Gasteiger partial charge in [0.1, 0.15) is 11.5 Å². The van der Waals surface area contributed by atoms with E-state index in [4.69, 9.17) is 4.74 Å². The first-order chi connectivity index (χ1) is 7.43. The smallest absolute Gasteiger partial charge is 0.417 e. The molecule has 0 aliphatic rings. The molecule has 0 saturated heterocycles. The van der Waals surface area contributed by atoms with Crippen molar-refractivity contribution in [3.8, 4) is 11.5 Å². The number of halogens is 3. The van der Waals surface area contributed by atoms with Crippen molar-refractivity contribution < 1.29 is 23.0 Å². The first-order valence-corrected chi connectivity index (χ1v) is 5.17. The number of methoxy groups -OCH3 is 1. The van der Waals surface area contributed by atoms with Gasteiger partial charge in [-0.25, -0.2) is 0 Å². The van der Waals surface area contributed by atoms with E-state index < -0.39 is 11.7 Å². The number of rotatable bonds is 1. The quantitative estimate of drug-likeness (QED) is 0.835. The highest BCUT2D eigenvalue weighted by atomic mass is 32.1. The maximum atomic E-state index is 12.7. The van der Waals surface area contributed by atoms with E-state index in [9.17, 15) is 18.3 Å². The third-order valence-electron chi connectivity index (χ3n) is 2.17. The Morgan fingerprint density at radius 1 is 1.31 bits per heavy atom. The van der Waals surface area contributed by atoms with Crippen LogP contribution >= 0.6 is 11.3 Å².